The Kier molecular flexibility index (Phi) is 7.70. The van der Waals surface area contributed by atoms with E-state index in [1.807, 2.05) is 17.6 Å². The molecule has 0 bridgehead atoms. The minimum atomic E-state index is -0.752. The third kappa shape index (κ3) is 6.37. The number of hydrogen-bond acceptors (Lipinski definition) is 8. The second kappa shape index (κ2) is 11.3. The number of anilines is 1. The summed E-state index contributed by atoms with van der Waals surface area (Å²) in [4.78, 5) is 14.5. The second-order valence-corrected chi connectivity index (χ2v) is 13.7. The van der Waals surface area contributed by atoms with Crippen molar-refractivity contribution in [2.45, 2.75) is 83.1 Å². The van der Waals surface area contributed by atoms with E-state index >= 15 is 0 Å². The van der Waals surface area contributed by atoms with Gasteiger partial charge in [-0.1, -0.05) is 32.9 Å². The quantitative estimate of drug-likeness (QED) is 0.218. The minimum Gasteiger partial charge on any atom is -0.471 e. The van der Waals surface area contributed by atoms with E-state index < -0.39 is 6.10 Å². The number of pyridine rings is 1. The van der Waals surface area contributed by atoms with Crippen LogP contribution < -0.4 is 15.4 Å². The van der Waals surface area contributed by atoms with Gasteiger partial charge in [-0.05, 0) is 78.3 Å². The van der Waals surface area contributed by atoms with E-state index in [0.717, 1.165) is 53.4 Å². The topological polar surface area (TPSA) is 92.2 Å². The van der Waals surface area contributed by atoms with Gasteiger partial charge >= 0.3 is 0 Å². The van der Waals surface area contributed by atoms with Crippen molar-refractivity contribution in [1.29, 1.82) is 0 Å². The minimum absolute atomic E-state index is 0.0234. The number of aliphatic hydroxyl groups is 1. The van der Waals surface area contributed by atoms with Crippen LogP contribution in [0.1, 0.15) is 69.2 Å². The van der Waals surface area contributed by atoms with Crippen LogP contribution in [0.2, 0.25) is 0 Å². The normalized spacial score (nSPS) is 19.3. The molecule has 4 heterocycles. The van der Waals surface area contributed by atoms with Crippen molar-refractivity contribution >= 4 is 27.4 Å². The van der Waals surface area contributed by atoms with Crippen molar-refractivity contribution in [3.8, 4) is 5.88 Å². The smallest absolute Gasteiger partial charge is 0.218 e. The molecule has 216 valence electrons. The lowest BCUT2D eigenvalue weighted by atomic mass is 9.73. The SMILES string of the molecule is CC(C)(C)Cc1cnc2c(c1)[C@@H](NC[C@@H](O)[C@H](Cc1ccc(F)cc1)Nc1ncnc3sccc13)CC1(CCC1)O2. The van der Waals surface area contributed by atoms with Crippen LogP contribution >= 0.6 is 11.3 Å². The van der Waals surface area contributed by atoms with Crippen molar-refractivity contribution < 1.29 is 14.2 Å². The summed E-state index contributed by atoms with van der Waals surface area (Å²) in [5.41, 5.74) is 3.16. The lowest BCUT2D eigenvalue weighted by Gasteiger charge is -2.47. The van der Waals surface area contributed by atoms with Gasteiger partial charge in [0.05, 0.1) is 17.5 Å². The van der Waals surface area contributed by atoms with Crippen LogP contribution in [-0.4, -0.2) is 44.4 Å². The molecular formula is C32H38FN5O2S. The van der Waals surface area contributed by atoms with Crippen molar-refractivity contribution in [3.05, 3.63) is 76.8 Å². The molecule has 1 fully saturated rings. The van der Waals surface area contributed by atoms with Crippen LogP contribution in [0, 0.1) is 11.2 Å². The molecule has 9 heteroatoms. The number of rotatable bonds is 9. The van der Waals surface area contributed by atoms with Gasteiger partial charge in [0.2, 0.25) is 5.88 Å². The molecule has 1 aromatic carbocycles. The van der Waals surface area contributed by atoms with Crippen LogP contribution in [0.4, 0.5) is 10.2 Å². The number of nitrogens with zero attached hydrogens (tertiary/aromatic N) is 3. The van der Waals surface area contributed by atoms with Gasteiger partial charge in [-0.3, -0.25) is 0 Å². The first-order chi connectivity index (χ1) is 19.7. The fourth-order valence-corrected chi connectivity index (χ4v) is 6.72. The summed E-state index contributed by atoms with van der Waals surface area (Å²) >= 11 is 1.55. The van der Waals surface area contributed by atoms with Gasteiger partial charge in [-0.15, -0.1) is 11.3 Å². The van der Waals surface area contributed by atoms with Crippen LogP contribution in [0.25, 0.3) is 10.2 Å². The number of fused-ring (bicyclic) bond motifs is 2. The Balaban J connectivity index is 1.23. The Hall–Kier alpha value is -3.14. The van der Waals surface area contributed by atoms with Gasteiger partial charge in [-0.25, -0.2) is 19.3 Å². The number of benzene rings is 1. The average molecular weight is 576 g/mol. The van der Waals surface area contributed by atoms with Gasteiger partial charge in [-0.2, -0.15) is 0 Å². The third-order valence-electron chi connectivity index (χ3n) is 8.19. The fourth-order valence-electron chi connectivity index (χ4n) is 5.99. The first-order valence-electron chi connectivity index (χ1n) is 14.4. The Morgan fingerprint density at radius 2 is 1.93 bits per heavy atom. The molecule has 7 nitrogen and oxygen atoms in total. The van der Waals surface area contributed by atoms with Gasteiger partial charge in [0, 0.05) is 30.8 Å². The predicted molar refractivity (Wildman–Crippen MR) is 161 cm³/mol. The molecule has 1 aliphatic heterocycles. The van der Waals surface area contributed by atoms with Crippen LogP contribution in [0.15, 0.2) is 54.3 Å². The summed E-state index contributed by atoms with van der Waals surface area (Å²) in [7, 11) is 0. The zero-order valence-corrected chi connectivity index (χ0v) is 24.7. The molecule has 0 radical (unpaired) electrons. The van der Waals surface area contributed by atoms with E-state index in [-0.39, 0.29) is 28.9 Å². The molecule has 0 amide bonds. The summed E-state index contributed by atoms with van der Waals surface area (Å²) in [6.07, 6.45) is 8.23. The first-order valence-corrected chi connectivity index (χ1v) is 15.3. The van der Waals surface area contributed by atoms with Gasteiger partial charge in [0.25, 0.3) is 0 Å². The van der Waals surface area contributed by atoms with E-state index in [2.05, 4.69) is 47.4 Å². The Labute approximate surface area is 244 Å². The van der Waals surface area contributed by atoms with Crippen molar-refractivity contribution in [2.75, 3.05) is 11.9 Å². The van der Waals surface area contributed by atoms with Crippen LogP contribution in [0.5, 0.6) is 5.88 Å². The average Bonchev–Trinajstić information content (AvgIpc) is 3.40. The maximum atomic E-state index is 13.6. The number of halogens is 1. The largest absolute Gasteiger partial charge is 0.471 e. The van der Waals surface area contributed by atoms with E-state index in [9.17, 15) is 9.50 Å². The lowest BCUT2D eigenvalue weighted by molar-refractivity contribution is -0.0419. The highest BCUT2D eigenvalue weighted by atomic mass is 32.1. The molecule has 3 N–H and O–H groups in total. The maximum Gasteiger partial charge on any atom is 0.218 e. The monoisotopic (exact) mass is 575 g/mol. The number of nitrogens with one attached hydrogen (secondary N) is 2. The Bertz CT molecular complexity index is 1500. The number of thiophene rings is 1. The number of ether oxygens (including phenoxy) is 1. The molecule has 0 saturated heterocycles. The third-order valence-corrected chi connectivity index (χ3v) is 9.01. The zero-order valence-electron chi connectivity index (χ0n) is 23.9. The Morgan fingerprint density at radius 1 is 1.12 bits per heavy atom. The number of hydrogen-bond donors (Lipinski definition) is 3. The standard InChI is InChI=1S/C32H38FN5O2S/c1-31(2,3)15-21-13-24-26(16-32(10-4-11-32)40-29(24)35-17-21)34-18-27(39)25(14-20-5-7-22(33)8-6-20)38-28-23-9-12-41-30(23)37-19-36-28/h5-9,12-13,17,19,25-27,34,39H,4,10-11,14-16,18H2,1-3H3,(H,36,37,38)/t25-,26-,27+/m0/s1. The predicted octanol–water partition coefficient (Wildman–Crippen LogP) is 6.23. The highest BCUT2D eigenvalue weighted by molar-refractivity contribution is 7.16. The van der Waals surface area contributed by atoms with E-state index in [1.54, 1.807) is 29.8 Å². The molecule has 3 aromatic heterocycles. The fraction of sp³-hybridized carbons (Fsp3) is 0.469. The zero-order chi connectivity index (χ0) is 28.6. The molecular weight excluding hydrogens is 537 g/mol. The first kappa shape index (κ1) is 28.0. The highest BCUT2D eigenvalue weighted by Crippen LogP contribution is 2.48. The number of aliphatic hydroxyl groups excluding tert-OH is 1. The van der Waals surface area contributed by atoms with Crippen molar-refractivity contribution in [1.82, 2.24) is 20.3 Å². The highest BCUT2D eigenvalue weighted by Gasteiger charge is 2.46. The Morgan fingerprint density at radius 3 is 2.66 bits per heavy atom. The van der Waals surface area contributed by atoms with E-state index in [0.29, 0.717) is 24.7 Å². The summed E-state index contributed by atoms with van der Waals surface area (Å²) in [5, 5.41) is 21.7. The molecule has 3 atom stereocenters. The van der Waals surface area contributed by atoms with Crippen molar-refractivity contribution in [2.24, 2.45) is 5.41 Å². The molecule has 4 aromatic rings. The summed E-state index contributed by atoms with van der Waals surface area (Å²) < 4.78 is 20.1. The molecule has 41 heavy (non-hydrogen) atoms. The van der Waals surface area contributed by atoms with Crippen LogP contribution in [0.3, 0.4) is 0 Å². The molecule has 1 spiro atoms. The lowest BCUT2D eigenvalue weighted by Crippen LogP contribution is -2.51. The summed E-state index contributed by atoms with van der Waals surface area (Å²) in [5.74, 6) is 1.12. The van der Waals surface area contributed by atoms with Crippen LogP contribution in [-0.2, 0) is 12.8 Å². The molecule has 1 aliphatic carbocycles. The van der Waals surface area contributed by atoms with Gasteiger partial charge < -0.3 is 20.5 Å². The molecule has 0 unspecified atom stereocenters. The molecule has 6 rings (SSSR count). The van der Waals surface area contributed by atoms with Gasteiger partial charge in [0.1, 0.15) is 28.4 Å². The molecule has 2 aliphatic rings. The summed E-state index contributed by atoms with van der Waals surface area (Å²) in [6, 6.07) is 10.3. The number of aromatic nitrogens is 3. The van der Waals surface area contributed by atoms with Crippen molar-refractivity contribution in [3.63, 3.8) is 0 Å². The van der Waals surface area contributed by atoms with Gasteiger partial charge in [0.15, 0.2) is 0 Å². The van der Waals surface area contributed by atoms with E-state index in [1.165, 1.54) is 17.7 Å². The molecule has 1 saturated carbocycles. The maximum absolute atomic E-state index is 13.6. The second-order valence-electron chi connectivity index (χ2n) is 12.8. The summed E-state index contributed by atoms with van der Waals surface area (Å²) in [6.45, 7) is 7.05. The van der Waals surface area contributed by atoms with E-state index in [4.69, 9.17) is 9.72 Å².